The van der Waals surface area contributed by atoms with E-state index in [1.807, 2.05) is 30.5 Å². The van der Waals surface area contributed by atoms with Crippen molar-refractivity contribution in [3.63, 3.8) is 0 Å². The van der Waals surface area contributed by atoms with Crippen molar-refractivity contribution in [1.82, 2.24) is 14.7 Å². The van der Waals surface area contributed by atoms with Crippen LogP contribution in [0.4, 0.5) is 0 Å². The van der Waals surface area contributed by atoms with Gasteiger partial charge >= 0.3 is 0 Å². The van der Waals surface area contributed by atoms with Crippen molar-refractivity contribution in [2.24, 2.45) is 0 Å². The average Bonchev–Trinajstić information content (AvgIpc) is 3.07. The summed E-state index contributed by atoms with van der Waals surface area (Å²) < 4.78 is 7.33. The van der Waals surface area contributed by atoms with Gasteiger partial charge in [0.1, 0.15) is 6.54 Å². The maximum Gasteiger partial charge on any atom is 0.246 e. The van der Waals surface area contributed by atoms with Crippen LogP contribution >= 0.6 is 0 Å². The fraction of sp³-hybridized carbons (Fsp3) is 0.333. The van der Waals surface area contributed by atoms with Gasteiger partial charge < -0.3 is 14.2 Å². The van der Waals surface area contributed by atoms with Gasteiger partial charge in [0, 0.05) is 18.1 Å². The predicted molar refractivity (Wildman–Crippen MR) is 75.3 cm³/mol. The molecule has 20 heavy (non-hydrogen) atoms. The first-order chi connectivity index (χ1) is 9.80. The third kappa shape index (κ3) is 2.44. The standard InChI is InChI=1S/C15H17N3O2/c1-2-3-14-16-15(20-17-14)9-18-7-6-12-8-11(10-19)4-5-13(12)18/h4-8,19H,2-3,9-10H2,1H3. The fourth-order valence-corrected chi connectivity index (χ4v) is 2.31. The summed E-state index contributed by atoms with van der Waals surface area (Å²) in [5, 5.41) is 14.2. The smallest absolute Gasteiger partial charge is 0.246 e. The van der Waals surface area contributed by atoms with Gasteiger partial charge in [-0.25, -0.2) is 0 Å². The van der Waals surface area contributed by atoms with E-state index >= 15 is 0 Å². The summed E-state index contributed by atoms with van der Waals surface area (Å²) >= 11 is 0. The van der Waals surface area contributed by atoms with Gasteiger partial charge in [-0.1, -0.05) is 18.1 Å². The van der Waals surface area contributed by atoms with E-state index in [9.17, 15) is 0 Å². The monoisotopic (exact) mass is 271 g/mol. The van der Waals surface area contributed by atoms with Crippen molar-refractivity contribution >= 4 is 10.9 Å². The van der Waals surface area contributed by atoms with Gasteiger partial charge in [-0.05, 0) is 35.6 Å². The summed E-state index contributed by atoms with van der Waals surface area (Å²) in [6.45, 7) is 2.72. The molecule has 1 aromatic carbocycles. The molecule has 0 aliphatic carbocycles. The van der Waals surface area contributed by atoms with Crippen molar-refractivity contribution in [3.05, 3.63) is 47.7 Å². The minimum Gasteiger partial charge on any atom is -0.392 e. The second-order valence-corrected chi connectivity index (χ2v) is 4.85. The van der Waals surface area contributed by atoms with Crippen LogP contribution in [0.5, 0.6) is 0 Å². The Morgan fingerprint density at radius 3 is 3.00 bits per heavy atom. The van der Waals surface area contributed by atoms with E-state index in [0.29, 0.717) is 12.4 Å². The molecule has 0 amide bonds. The lowest BCUT2D eigenvalue weighted by atomic mass is 10.2. The highest BCUT2D eigenvalue weighted by Crippen LogP contribution is 2.19. The fourth-order valence-electron chi connectivity index (χ4n) is 2.31. The van der Waals surface area contributed by atoms with Crippen molar-refractivity contribution in [2.45, 2.75) is 32.9 Å². The molecule has 2 aromatic heterocycles. The largest absolute Gasteiger partial charge is 0.392 e. The SMILES string of the molecule is CCCc1noc(Cn2ccc3cc(CO)ccc32)n1. The number of nitrogens with zero attached hydrogens (tertiary/aromatic N) is 3. The number of aliphatic hydroxyl groups excluding tert-OH is 1. The van der Waals surface area contributed by atoms with Crippen LogP contribution in [0.1, 0.15) is 30.6 Å². The van der Waals surface area contributed by atoms with Crippen LogP contribution in [0.25, 0.3) is 10.9 Å². The molecule has 2 heterocycles. The third-order valence-corrected chi connectivity index (χ3v) is 3.31. The molecule has 104 valence electrons. The zero-order valence-corrected chi connectivity index (χ0v) is 11.4. The molecular formula is C15H17N3O2. The lowest BCUT2D eigenvalue weighted by Crippen LogP contribution is -1.98. The minimum absolute atomic E-state index is 0.0607. The molecule has 3 rings (SSSR count). The number of aryl methyl sites for hydroxylation is 1. The molecule has 0 saturated heterocycles. The van der Waals surface area contributed by atoms with Crippen molar-refractivity contribution in [1.29, 1.82) is 0 Å². The Labute approximate surface area is 116 Å². The highest BCUT2D eigenvalue weighted by Gasteiger charge is 2.08. The van der Waals surface area contributed by atoms with E-state index in [1.165, 1.54) is 0 Å². The van der Waals surface area contributed by atoms with Crippen LogP contribution in [0.2, 0.25) is 0 Å². The molecule has 5 heteroatoms. The Morgan fingerprint density at radius 1 is 1.30 bits per heavy atom. The quantitative estimate of drug-likeness (QED) is 0.774. The highest BCUT2D eigenvalue weighted by molar-refractivity contribution is 5.80. The minimum atomic E-state index is 0.0607. The first-order valence-corrected chi connectivity index (χ1v) is 6.80. The first kappa shape index (κ1) is 12.9. The average molecular weight is 271 g/mol. The molecule has 0 fully saturated rings. The van der Waals surface area contributed by atoms with Gasteiger partial charge in [0.15, 0.2) is 5.82 Å². The Hall–Kier alpha value is -2.14. The van der Waals surface area contributed by atoms with E-state index in [0.717, 1.165) is 35.1 Å². The predicted octanol–water partition coefficient (Wildman–Crippen LogP) is 2.52. The lowest BCUT2D eigenvalue weighted by Gasteiger charge is -2.02. The molecule has 0 aliphatic rings. The number of aromatic nitrogens is 3. The molecular weight excluding hydrogens is 254 g/mol. The topological polar surface area (TPSA) is 64.1 Å². The normalized spacial score (nSPS) is 11.3. The maximum atomic E-state index is 9.15. The lowest BCUT2D eigenvalue weighted by molar-refractivity contribution is 0.282. The molecule has 0 spiro atoms. The van der Waals surface area contributed by atoms with Crippen LogP contribution < -0.4 is 0 Å². The van der Waals surface area contributed by atoms with E-state index < -0.39 is 0 Å². The van der Waals surface area contributed by atoms with Crippen LogP contribution in [-0.4, -0.2) is 19.8 Å². The van der Waals surface area contributed by atoms with Crippen LogP contribution in [0, 0.1) is 0 Å². The van der Waals surface area contributed by atoms with E-state index in [-0.39, 0.29) is 6.61 Å². The van der Waals surface area contributed by atoms with E-state index in [4.69, 9.17) is 9.63 Å². The van der Waals surface area contributed by atoms with Gasteiger partial charge in [0.25, 0.3) is 0 Å². The highest BCUT2D eigenvalue weighted by atomic mass is 16.5. The number of hydrogen-bond acceptors (Lipinski definition) is 4. The van der Waals surface area contributed by atoms with Gasteiger partial charge in [-0.15, -0.1) is 0 Å². The molecule has 0 bridgehead atoms. The second kappa shape index (κ2) is 5.46. The Kier molecular flexibility index (Phi) is 3.52. The molecule has 0 atom stereocenters. The Morgan fingerprint density at radius 2 is 2.20 bits per heavy atom. The van der Waals surface area contributed by atoms with Crippen molar-refractivity contribution in [2.75, 3.05) is 0 Å². The summed E-state index contributed by atoms with van der Waals surface area (Å²) in [5.74, 6) is 1.39. The van der Waals surface area contributed by atoms with Gasteiger partial charge in [-0.2, -0.15) is 4.98 Å². The maximum absolute atomic E-state index is 9.15. The van der Waals surface area contributed by atoms with Crippen LogP contribution in [0.3, 0.4) is 0 Å². The molecule has 0 radical (unpaired) electrons. The summed E-state index contributed by atoms with van der Waals surface area (Å²) in [6.07, 6.45) is 3.85. The number of fused-ring (bicyclic) bond motifs is 1. The van der Waals surface area contributed by atoms with E-state index in [2.05, 4.69) is 21.6 Å². The van der Waals surface area contributed by atoms with Crippen LogP contribution in [-0.2, 0) is 19.6 Å². The van der Waals surface area contributed by atoms with Gasteiger partial charge in [0.05, 0.1) is 6.61 Å². The zero-order valence-electron chi connectivity index (χ0n) is 11.4. The summed E-state index contributed by atoms with van der Waals surface area (Å²) in [5.41, 5.74) is 2.01. The third-order valence-electron chi connectivity index (χ3n) is 3.31. The molecule has 5 nitrogen and oxygen atoms in total. The number of hydrogen-bond donors (Lipinski definition) is 1. The number of aliphatic hydroxyl groups is 1. The summed E-state index contributed by atoms with van der Waals surface area (Å²) in [7, 11) is 0. The molecule has 3 aromatic rings. The second-order valence-electron chi connectivity index (χ2n) is 4.85. The molecule has 0 unspecified atom stereocenters. The van der Waals surface area contributed by atoms with Crippen molar-refractivity contribution < 1.29 is 9.63 Å². The molecule has 0 saturated carbocycles. The zero-order chi connectivity index (χ0) is 13.9. The van der Waals surface area contributed by atoms with Gasteiger partial charge in [-0.3, -0.25) is 0 Å². The van der Waals surface area contributed by atoms with Crippen molar-refractivity contribution in [3.8, 4) is 0 Å². The molecule has 0 aliphatic heterocycles. The Bertz CT molecular complexity index is 715. The Balaban J connectivity index is 1.86. The first-order valence-electron chi connectivity index (χ1n) is 6.80. The number of benzene rings is 1. The summed E-state index contributed by atoms with van der Waals surface area (Å²) in [4.78, 5) is 4.38. The van der Waals surface area contributed by atoms with Crippen LogP contribution in [0.15, 0.2) is 35.0 Å². The number of rotatable bonds is 5. The van der Waals surface area contributed by atoms with E-state index in [1.54, 1.807) is 0 Å². The van der Waals surface area contributed by atoms with Gasteiger partial charge in [0.2, 0.25) is 5.89 Å². The molecule has 1 N–H and O–H groups in total. The summed E-state index contributed by atoms with van der Waals surface area (Å²) in [6, 6.07) is 7.94.